The van der Waals surface area contributed by atoms with E-state index in [2.05, 4.69) is 9.71 Å². The second-order valence-corrected chi connectivity index (χ2v) is 10.8. The summed E-state index contributed by atoms with van der Waals surface area (Å²) in [6, 6.07) is 14.5. The molecule has 1 heterocycles. The van der Waals surface area contributed by atoms with Gasteiger partial charge in [-0.2, -0.15) is 26.3 Å². The normalized spacial score (nSPS) is 12.3. The highest BCUT2D eigenvalue weighted by molar-refractivity contribution is 7.88. The van der Waals surface area contributed by atoms with E-state index >= 15 is 0 Å². The highest BCUT2D eigenvalue weighted by atomic mass is 35.5. The molecule has 0 bridgehead atoms. The molecule has 0 saturated carbocycles. The molecular weight excluding hydrogens is 571 g/mol. The fourth-order valence-corrected chi connectivity index (χ4v) is 4.39. The Hall–Kier alpha value is -3.61. The number of nitrogens with zero attached hydrogens (tertiary/aromatic N) is 1. The maximum absolute atomic E-state index is 13.0. The lowest BCUT2D eigenvalue weighted by Crippen LogP contribution is -2.41. The van der Waals surface area contributed by atoms with E-state index < -0.39 is 27.9 Å². The summed E-state index contributed by atoms with van der Waals surface area (Å²) in [5.41, 5.74) is 0.166. The molecule has 40 heavy (non-hydrogen) atoms. The van der Waals surface area contributed by atoms with Gasteiger partial charge >= 0.3 is 16.4 Å². The molecule has 0 atom stereocenters. The maximum atomic E-state index is 13.0. The van der Waals surface area contributed by atoms with Crippen molar-refractivity contribution in [3.63, 3.8) is 0 Å². The number of benzene rings is 2. The van der Waals surface area contributed by atoms with Gasteiger partial charge in [-0.25, -0.2) is 9.71 Å². The van der Waals surface area contributed by atoms with Crippen molar-refractivity contribution in [1.29, 1.82) is 0 Å². The predicted molar refractivity (Wildman–Crippen MR) is 145 cm³/mol. The van der Waals surface area contributed by atoms with Gasteiger partial charge in [0.05, 0.1) is 11.7 Å². The summed E-state index contributed by atoms with van der Waals surface area (Å²) in [7, 11) is -4.15. The van der Waals surface area contributed by atoms with Crippen molar-refractivity contribution in [1.82, 2.24) is 14.4 Å². The Morgan fingerprint density at radius 3 is 2.45 bits per heavy atom. The van der Waals surface area contributed by atoms with Crippen LogP contribution in [0.1, 0.15) is 37.5 Å². The van der Waals surface area contributed by atoms with Crippen molar-refractivity contribution in [3.8, 4) is 17.4 Å². The van der Waals surface area contributed by atoms with Gasteiger partial charge in [-0.1, -0.05) is 41.9 Å². The van der Waals surface area contributed by atoms with Gasteiger partial charge in [-0.15, -0.1) is 0 Å². The summed E-state index contributed by atoms with van der Waals surface area (Å²) in [6.07, 6.45) is -2.48. The van der Waals surface area contributed by atoms with Crippen LogP contribution in [0.5, 0.6) is 17.4 Å². The third-order valence-corrected chi connectivity index (χ3v) is 6.51. The topological polar surface area (TPSA) is 107 Å². The lowest BCUT2D eigenvalue weighted by atomic mass is 10.1. The number of carbonyl (C=O) groups excluding carboxylic acids is 1. The summed E-state index contributed by atoms with van der Waals surface area (Å²) < 4.78 is 79.4. The number of nitrogens with one attached hydrogen (secondary N) is 2. The molecule has 0 saturated heterocycles. The Labute approximate surface area is 235 Å². The molecule has 214 valence electrons. The molecule has 0 unspecified atom stereocenters. The van der Waals surface area contributed by atoms with Crippen molar-refractivity contribution >= 4 is 33.8 Å². The van der Waals surface area contributed by atoms with Crippen LogP contribution < -0.4 is 18.9 Å². The second-order valence-electron chi connectivity index (χ2n) is 8.87. The molecule has 2 N–H and O–H groups in total. The van der Waals surface area contributed by atoms with E-state index in [1.807, 2.05) is 35.1 Å². The number of carbonyl (C=O) groups is 1. The zero-order chi connectivity index (χ0) is 29.5. The van der Waals surface area contributed by atoms with Gasteiger partial charge in [0, 0.05) is 29.9 Å². The van der Waals surface area contributed by atoms with E-state index in [0.29, 0.717) is 24.4 Å². The van der Waals surface area contributed by atoms with Gasteiger partial charge in [-0.3, -0.25) is 4.79 Å². The molecule has 1 amide bonds. The third kappa shape index (κ3) is 9.25. The first-order valence-electron chi connectivity index (χ1n) is 12.0. The summed E-state index contributed by atoms with van der Waals surface area (Å²) in [6.45, 7) is 5.06. The molecular formula is C27H27ClF3N3O5S. The van der Waals surface area contributed by atoms with Crippen LogP contribution in [-0.4, -0.2) is 32.0 Å². The minimum atomic E-state index is -4.64. The monoisotopic (exact) mass is 597 g/mol. The van der Waals surface area contributed by atoms with Gasteiger partial charge in [0.25, 0.3) is 5.91 Å². The smallest absolute Gasteiger partial charge is 0.417 e. The Morgan fingerprint density at radius 2 is 1.82 bits per heavy atom. The van der Waals surface area contributed by atoms with Gasteiger partial charge in [-0.05, 0) is 57.0 Å². The lowest BCUT2D eigenvalue weighted by Gasteiger charge is -2.15. The zero-order valence-electron chi connectivity index (χ0n) is 21.8. The van der Waals surface area contributed by atoms with Gasteiger partial charge in [0.2, 0.25) is 5.88 Å². The summed E-state index contributed by atoms with van der Waals surface area (Å²) in [5.74, 6) is -0.773. The quantitative estimate of drug-likeness (QED) is 0.265. The van der Waals surface area contributed by atoms with Crippen molar-refractivity contribution in [2.24, 2.45) is 0 Å². The fourth-order valence-electron chi connectivity index (χ4n) is 3.34. The lowest BCUT2D eigenvalue weighted by molar-refractivity contribution is -0.137. The largest absolute Gasteiger partial charge is 0.491 e. The first kappa shape index (κ1) is 30.9. The van der Waals surface area contributed by atoms with Crippen molar-refractivity contribution in [2.45, 2.75) is 39.5 Å². The maximum Gasteiger partial charge on any atom is 0.417 e. The molecule has 2 aromatic carbocycles. The average Bonchev–Trinajstić information content (AvgIpc) is 2.86. The average molecular weight is 598 g/mol. The third-order valence-electron chi connectivity index (χ3n) is 5.20. The van der Waals surface area contributed by atoms with E-state index in [4.69, 9.17) is 21.1 Å². The molecule has 0 spiro atoms. The first-order valence-corrected chi connectivity index (χ1v) is 13.8. The number of hydrogen-bond donors (Lipinski definition) is 2. The molecule has 8 nitrogen and oxygen atoms in total. The van der Waals surface area contributed by atoms with E-state index in [1.165, 1.54) is 25.1 Å². The Bertz CT molecular complexity index is 1480. The second kappa shape index (κ2) is 13.2. The van der Waals surface area contributed by atoms with E-state index in [1.54, 1.807) is 19.9 Å². The Balaban J connectivity index is 1.80. The van der Waals surface area contributed by atoms with E-state index in [0.717, 1.165) is 5.56 Å². The highest BCUT2D eigenvalue weighted by Crippen LogP contribution is 2.37. The Morgan fingerprint density at radius 1 is 1.12 bits per heavy atom. The number of alkyl halides is 3. The Kier molecular flexibility index (Phi) is 10.2. The van der Waals surface area contributed by atoms with Gasteiger partial charge in [0.15, 0.2) is 0 Å². The number of halogens is 4. The minimum Gasteiger partial charge on any atom is -0.491 e. The summed E-state index contributed by atoms with van der Waals surface area (Å²) in [4.78, 5) is 16.3. The number of amides is 1. The number of ether oxygens (including phenoxy) is 2. The van der Waals surface area contributed by atoms with Crippen LogP contribution in [0.25, 0.3) is 6.08 Å². The van der Waals surface area contributed by atoms with Crippen LogP contribution in [-0.2, 0) is 27.6 Å². The minimum absolute atomic E-state index is 0.00212. The van der Waals surface area contributed by atoms with Gasteiger partial charge in [0.1, 0.15) is 16.5 Å². The highest BCUT2D eigenvalue weighted by Gasteiger charge is 2.32. The number of aromatic nitrogens is 1. The van der Waals surface area contributed by atoms with Crippen LogP contribution in [0, 0.1) is 0 Å². The van der Waals surface area contributed by atoms with Crippen molar-refractivity contribution < 1.29 is 35.9 Å². The van der Waals surface area contributed by atoms with Crippen molar-refractivity contribution in [2.75, 3.05) is 6.54 Å². The van der Waals surface area contributed by atoms with E-state index in [-0.39, 0.29) is 40.4 Å². The molecule has 3 aromatic rings. The van der Waals surface area contributed by atoms with Gasteiger partial charge < -0.3 is 9.47 Å². The van der Waals surface area contributed by atoms with Crippen LogP contribution in [0.15, 0.2) is 66.4 Å². The standard InChI is InChI=1S/C27H27ClF3N3O5S/c1-17(2)38-22-10-9-20(24(15-22)39-26-23(28)14-21(16-32-26)27(29,30)31)13-18(3)25(35)34-40(36,37)33-12-11-19-7-5-4-6-8-19/h4-10,13-17,33H,11-12H2,1-3H3,(H,34,35). The zero-order valence-corrected chi connectivity index (χ0v) is 23.3. The summed E-state index contributed by atoms with van der Waals surface area (Å²) >= 11 is 6.00. The van der Waals surface area contributed by atoms with E-state index in [9.17, 15) is 26.4 Å². The van der Waals surface area contributed by atoms with Crippen LogP contribution in [0.2, 0.25) is 5.02 Å². The molecule has 0 fully saturated rings. The summed E-state index contributed by atoms with van der Waals surface area (Å²) in [5, 5.41) is -0.387. The van der Waals surface area contributed by atoms with Crippen LogP contribution in [0.3, 0.4) is 0 Å². The molecule has 1 aromatic heterocycles. The number of pyridine rings is 1. The van der Waals surface area contributed by atoms with Crippen molar-refractivity contribution in [3.05, 3.63) is 88.1 Å². The molecule has 0 aliphatic rings. The molecule has 0 radical (unpaired) electrons. The number of hydrogen-bond acceptors (Lipinski definition) is 6. The SMILES string of the molecule is CC(=Cc1ccc(OC(C)C)cc1Oc1ncc(C(F)(F)F)cc1Cl)C(=O)NS(=O)(=O)NCCc1ccccc1. The molecule has 13 heteroatoms. The predicted octanol–water partition coefficient (Wildman–Crippen LogP) is 5.93. The van der Waals surface area contributed by atoms with Crippen LogP contribution in [0.4, 0.5) is 13.2 Å². The molecule has 0 aliphatic heterocycles. The molecule has 0 aliphatic carbocycles. The first-order chi connectivity index (χ1) is 18.7. The molecule has 3 rings (SSSR count). The fraction of sp³-hybridized carbons (Fsp3) is 0.259. The number of rotatable bonds is 11. The van der Waals surface area contributed by atoms with Crippen LogP contribution >= 0.6 is 11.6 Å².